The molecule has 2 N–H and O–H groups in total. The molecule has 0 radical (unpaired) electrons. The fraction of sp³-hybridized carbons (Fsp3) is 0.231. The van der Waals surface area contributed by atoms with E-state index in [9.17, 15) is 4.79 Å². The zero-order valence-electron chi connectivity index (χ0n) is 10.2. The molecular weight excluding hydrogens is 294 g/mol. The molecule has 0 bridgehead atoms. The maximum Gasteiger partial charge on any atom is 0.271 e. The van der Waals surface area contributed by atoms with Crippen LogP contribution in [0.1, 0.15) is 22.9 Å². The molecule has 1 atom stereocenters. The average molecular weight is 308 g/mol. The highest BCUT2D eigenvalue weighted by molar-refractivity contribution is 9.10. The molecule has 0 aliphatic carbocycles. The second-order valence-corrected chi connectivity index (χ2v) is 5.11. The molecule has 2 rings (SSSR count). The zero-order valence-corrected chi connectivity index (χ0v) is 11.8. The smallest absolute Gasteiger partial charge is 0.271 e. The van der Waals surface area contributed by atoms with Crippen LogP contribution in [0.4, 0.5) is 0 Å². The number of rotatable bonds is 2. The molecule has 4 nitrogen and oxygen atoms in total. The number of halogens is 1. The van der Waals surface area contributed by atoms with Crippen molar-refractivity contribution in [2.45, 2.75) is 13.0 Å². The van der Waals surface area contributed by atoms with Crippen molar-refractivity contribution in [3.63, 3.8) is 0 Å². The summed E-state index contributed by atoms with van der Waals surface area (Å²) in [5.41, 5.74) is 8.24. The van der Waals surface area contributed by atoms with Crippen LogP contribution in [-0.4, -0.2) is 9.78 Å². The van der Waals surface area contributed by atoms with Crippen LogP contribution >= 0.6 is 15.9 Å². The Morgan fingerprint density at radius 3 is 2.56 bits per heavy atom. The largest absolute Gasteiger partial charge is 0.320 e. The van der Waals surface area contributed by atoms with Gasteiger partial charge < -0.3 is 5.73 Å². The maximum absolute atomic E-state index is 12.0. The van der Waals surface area contributed by atoms with Crippen LogP contribution in [-0.2, 0) is 7.05 Å². The second-order valence-electron chi connectivity index (χ2n) is 4.20. The molecule has 0 fully saturated rings. The average Bonchev–Trinajstić information content (AvgIpc) is 2.34. The lowest BCUT2D eigenvalue weighted by atomic mass is 10.0. The van der Waals surface area contributed by atoms with E-state index >= 15 is 0 Å². The first-order valence-corrected chi connectivity index (χ1v) is 6.34. The van der Waals surface area contributed by atoms with Crippen molar-refractivity contribution in [3.8, 4) is 0 Å². The Labute approximate surface area is 114 Å². The number of benzene rings is 1. The standard InChI is InChI=1S/C13H14BrN3O/c1-8-7-11(13(18)17(2)16-8)12(15)9-3-5-10(14)6-4-9/h3-7,12H,15H2,1-2H3. The molecular formula is C13H14BrN3O. The second kappa shape index (κ2) is 5.04. The summed E-state index contributed by atoms with van der Waals surface area (Å²) < 4.78 is 2.31. The van der Waals surface area contributed by atoms with Crippen molar-refractivity contribution in [1.29, 1.82) is 0 Å². The van der Waals surface area contributed by atoms with Gasteiger partial charge in [0.25, 0.3) is 5.56 Å². The fourth-order valence-electron chi connectivity index (χ4n) is 1.86. The lowest BCUT2D eigenvalue weighted by molar-refractivity contribution is 0.666. The van der Waals surface area contributed by atoms with E-state index < -0.39 is 6.04 Å². The molecule has 0 spiro atoms. The first kappa shape index (κ1) is 13.0. The van der Waals surface area contributed by atoms with Gasteiger partial charge in [-0.15, -0.1) is 0 Å². The molecule has 0 aliphatic heterocycles. The van der Waals surface area contributed by atoms with E-state index in [-0.39, 0.29) is 5.56 Å². The third kappa shape index (κ3) is 2.52. The summed E-state index contributed by atoms with van der Waals surface area (Å²) in [7, 11) is 1.63. The van der Waals surface area contributed by atoms with Gasteiger partial charge in [-0.25, -0.2) is 4.68 Å². The van der Waals surface area contributed by atoms with Gasteiger partial charge in [0.2, 0.25) is 0 Å². The van der Waals surface area contributed by atoms with Gasteiger partial charge in [-0.05, 0) is 30.7 Å². The molecule has 0 saturated heterocycles. The Kier molecular flexibility index (Phi) is 3.63. The van der Waals surface area contributed by atoms with E-state index in [1.165, 1.54) is 4.68 Å². The molecule has 5 heteroatoms. The summed E-state index contributed by atoms with van der Waals surface area (Å²) in [6.07, 6.45) is 0. The van der Waals surface area contributed by atoms with E-state index in [0.29, 0.717) is 5.56 Å². The van der Waals surface area contributed by atoms with Crippen molar-refractivity contribution in [2.75, 3.05) is 0 Å². The Bertz CT molecular complexity index is 619. The summed E-state index contributed by atoms with van der Waals surface area (Å²) in [6, 6.07) is 8.95. The van der Waals surface area contributed by atoms with Crippen molar-refractivity contribution < 1.29 is 0 Å². The number of nitrogens with zero attached hydrogens (tertiary/aromatic N) is 2. The quantitative estimate of drug-likeness (QED) is 0.922. The van der Waals surface area contributed by atoms with Crippen LogP contribution in [0.25, 0.3) is 0 Å². The number of hydrogen-bond donors (Lipinski definition) is 1. The van der Waals surface area contributed by atoms with Gasteiger partial charge in [-0.3, -0.25) is 4.79 Å². The number of hydrogen-bond acceptors (Lipinski definition) is 3. The summed E-state index contributed by atoms with van der Waals surface area (Å²) >= 11 is 3.37. The van der Waals surface area contributed by atoms with E-state index in [2.05, 4.69) is 21.0 Å². The molecule has 18 heavy (non-hydrogen) atoms. The minimum absolute atomic E-state index is 0.156. The molecule has 1 heterocycles. The van der Waals surface area contributed by atoms with E-state index in [0.717, 1.165) is 15.7 Å². The zero-order chi connectivity index (χ0) is 13.3. The lowest BCUT2D eigenvalue weighted by Gasteiger charge is -2.13. The van der Waals surface area contributed by atoms with Crippen LogP contribution in [0.15, 0.2) is 39.6 Å². The van der Waals surface area contributed by atoms with Gasteiger partial charge >= 0.3 is 0 Å². The van der Waals surface area contributed by atoms with Gasteiger partial charge in [0, 0.05) is 17.1 Å². The Balaban J connectivity index is 2.49. The van der Waals surface area contributed by atoms with Gasteiger partial charge in [-0.1, -0.05) is 28.1 Å². The normalized spacial score (nSPS) is 12.4. The predicted octanol–water partition coefficient (Wildman–Crippen LogP) is 1.90. The van der Waals surface area contributed by atoms with Crippen molar-refractivity contribution in [3.05, 3.63) is 62.0 Å². The minimum atomic E-state index is -0.432. The number of aromatic nitrogens is 2. The van der Waals surface area contributed by atoms with Gasteiger partial charge in [-0.2, -0.15) is 5.10 Å². The molecule has 0 saturated carbocycles. The van der Waals surface area contributed by atoms with Crippen molar-refractivity contribution >= 4 is 15.9 Å². The molecule has 1 aromatic heterocycles. The number of aryl methyl sites for hydroxylation is 2. The monoisotopic (exact) mass is 307 g/mol. The highest BCUT2D eigenvalue weighted by Gasteiger charge is 2.14. The summed E-state index contributed by atoms with van der Waals surface area (Å²) in [4.78, 5) is 12.0. The van der Waals surface area contributed by atoms with Crippen LogP contribution in [0.5, 0.6) is 0 Å². The van der Waals surface area contributed by atoms with Crippen molar-refractivity contribution in [2.24, 2.45) is 12.8 Å². The molecule has 1 aromatic carbocycles. The first-order chi connectivity index (χ1) is 8.49. The lowest BCUT2D eigenvalue weighted by Crippen LogP contribution is -2.29. The van der Waals surface area contributed by atoms with Gasteiger partial charge in [0.05, 0.1) is 11.7 Å². The van der Waals surface area contributed by atoms with Gasteiger partial charge in [0.1, 0.15) is 0 Å². The SMILES string of the molecule is Cc1cc(C(N)c2ccc(Br)cc2)c(=O)n(C)n1. The molecule has 2 aromatic rings. The van der Waals surface area contributed by atoms with Crippen molar-refractivity contribution in [1.82, 2.24) is 9.78 Å². The van der Waals surface area contributed by atoms with E-state index in [4.69, 9.17) is 5.73 Å². The topological polar surface area (TPSA) is 60.9 Å². The third-order valence-electron chi connectivity index (χ3n) is 2.78. The highest BCUT2D eigenvalue weighted by atomic mass is 79.9. The molecule has 0 amide bonds. The van der Waals surface area contributed by atoms with E-state index in [1.807, 2.05) is 31.2 Å². The summed E-state index contributed by atoms with van der Waals surface area (Å²) in [5.74, 6) is 0. The number of nitrogens with two attached hydrogens (primary N) is 1. The first-order valence-electron chi connectivity index (χ1n) is 5.55. The molecule has 94 valence electrons. The van der Waals surface area contributed by atoms with Crippen LogP contribution < -0.4 is 11.3 Å². The van der Waals surface area contributed by atoms with Crippen LogP contribution in [0, 0.1) is 6.92 Å². The van der Waals surface area contributed by atoms with Crippen LogP contribution in [0.3, 0.4) is 0 Å². The predicted molar refractivity (Wildman–Crippen MR) is 74.4 cm³/mol. The summed E-state index contributed by atoms with van der Waals surface area (Å²) in [5, 5.41) is 4.07. The van der Waals surface area contributed by atoms with Crippen LogP contribution in [0.2, 0.25) is 0 Å². The molecule has 0 aliphatic rings. The summed E-state index contributed by atoms with van der Waals surface area (Å²) in [6.45, 7) is 1.84. The Morgan fingerprint density at radius 1 is 1.33 bits per heavy atom. The highest BCUT2D eigenvalue weighted by Crippen LogP contribution is 2.19. The van der Waals surface area contributed by atoms with E-state index in [1.54, 1.807) is 13.1 Å². The fourth-order valence-corrected chi connectivity index (χ4v) is 2.12. The Morgan fingerprint density at radius 2 is 1.94 bits per heavy atom. The minimum Gasteiger partial charge on any atom is -0.320 e. The molecule has 1 unspecified atom stereocenters. The Hall–Kier alpha value is -1.46. The third-order valence-corrected chi connectivity index (χ3v) is 3.31. The van der Waals surface area contributed by atoms with Gasteiger partial charge in [0.15, 0.2) is 0 Å². The maximum atomic E-state index is 12.0.